The molecule has 0 aliphatic carbocycles. The van der Waals surface area contributed by atoms with Crippen LogP contribution in [0.2, 0.25) is 0 Å². The summed E-state index contributed by atoms with van der Waals surface area (Å²) in [6.07, 6.45) is 4.44. The Morgan fingerprint density at radius 2 is 1.83 bits per heavy atom. The molecule has 1 N–H and O–H groups in total. The molecule has 5 nitrogen and oxygen atoms in total. The summed E-state index contributed by atoms with van der Waals surface area (Å²) >= 11 is 0. The van der Waals surface area contributed by atoms with Gasteiger partial charge in [0.2, 0.25) is 0 Å². The maximum Gasteiger partial charge on any atom is 0.336 e. The molecule has 0 atom stereocenters. The molecule has 0 radical (unpaired) electrons. The van der Waals surface area contributed by atoms with E-state index in [9.17, 15) is 14.7 Å². The Hall–Kier alpha value is -3.52. The van der Waals surface area contributed by atoms with Crippen molar-refractivity contribution in [2.75, 3.05) is 0 Å². The van der Waals surface area contributed by atoms with Crippen LogP contribution in [0, 0.1) is 11.8 Å². The summed E-state index contributed by atoms with van der Waals surface area (Å²) in [6, 6.07) is 14.7. The molecular formula is C25H26N2O3. The van der Waals surface area contributed by atoms with Crippen LogP contribution in [-0.4, -0.2) is 20.2 Å². The number of benzene rings is 2. The number of imidazole rings is 1. The van der Waals surface area contributed by atoms with E-state index in [1.54, 1.807) is 34.3 Å². The molecule has 3 aromatic rings. The molecular weight excluding hydrogens is 376 g/mol. The van der Waals surface area contributed by atoms with Crippen molar-refractivity contribution in [3.8, 4) is 23.0 Å². The molecule has 0 aliphatic heterocycles. The van der Waals surface area contributed by atoms with Crippen molar-refractivity contribution in [2.45, 2.75) is 46.2 Å². The minimum Gasteiger partial charge on any atom is -0.478 e. The Bertz CT molecular complexity index is 1140. The average molecular weight is 402 g/mol. The molecule has 0 spiro atoms. The molecule has 0 amide bonds. The van der Waals surface area contributed by atoms with Crippen LogP contribution in [0.4, 0.5) is 0 Å². The highest BCUT2D eigenvalue weighted by molar-refractivity contribution is 5.95. The smallest absolute Gasteiger partial charge is 0.336 e. The molecule has 0 saturated carbocycles. The van der Waals surface area contributed by atoms with E-state index in [1.807, 2.05) is 36.5 Å². The summed E-state index contributed by atoms with van der Waals surface area (Å²) in [7, 11) is 0. The summed E-state index contributed by atoms with van der Waals surface area (Å²) in [5.41, 5.74) is 3.66. The minimum atomic E-state index is -0.948. The summed E-state index contributed by atoms with van der Waals surface area (Å²) in [5.74, 6) is 5.00. The molecule has 3 rings (SSSR count). The van der Waals surface area contributed by atoms with Crippen molar-refractivity contribution in [3.05, 3.63) is 82.0 Å². The van der Waals surface area contributed by atoms with E-state index in [-0.39, 0.29) is 11.3 Å². The number of carboxylic acid groups (broad SMARTS) is 1. The molecule has 0 aliphatic rings. The predicted octanol–water partition coefficient (Wildman–Crippen LogP) is 4.43. The fourth-order valence-corrected chi connectivity index (χ4v) is 3.45. The van der Waals surface area contributed by atoms with Crippen molar-refractivity contribution < 1.29 is 9.90 Å². The largest absolute Gasteiger partial charge is 0.478 e. The number of rotatable bonds is 8. The molecule has 0 unspecified atom stereocenters. The molecule has 154 valence electrons. The van der Waals surface area contributed by atoms with E-state index >= 15 is 0 Å². The number of hydrogen-bond acceptors (Lipinski definition) is 2. The normalized spacial score (nSPS) is 10.5. The second-order valence-electron chi connectivity index (χ2n) is 7.19. The van der Waals surface area contributed by atoms with Crippen LogP contribution in [-0.2, 0) is 19.5 Å². The number of carbonyl (C=O) groups is 1. The summed E-state index contributed by atoms with van der Waals surface area (Å²) in [6.45, 7) is 5.07. The Morgan fingerprint density at radius 3 is 2.50 bits per heavy atom. The number of aromatic carboxylic acids is 1. The van der Waals surface area contributed by atoms with Gasteiger partial charge in [-0.3, -0.25) is 9.13 Å². The van der Waals surface area contributed by atoms with Gasteiger partial charge in [-0.25, -0.2) is 9.59 Å². The highest BCUT2D eigenvalue weighted by Crippen LogP contribution is 2.24. The van der Waals surface area contributed by atoms with Gasteiger partial charge in [-0.15, -0.1) is 5.92 Å². The predicted molar refractivity (Wildman–Crippen MR) is 119 cm³/mol. The third-order valence-electron chi connectivity index (χ3n) is 5.09. The number of carboxylic acids is 1. The lowest BCUT2D eigenvalue weighted by atomic mass is 9.99. The zero-order chi connectivity index (χ0) is 21.5. The minimum absolute atomic E-state index is 0.0170. The lowest BCUT2D eigenvalue weighted by molar-refractivity contribution is 0.0697. The van der Waals surface area contributed by atoms with E-state index in [0.717, 1.165) is 29.7 Å². The molecule has 0 bridgehead atoms. The number of aryl methyl sites for hydroxylation is 1. The third-order valence-corrected chi connectivity index (χ3v) is 5.09. The lowest BCUT2D eigenvalue weighted by Crippen LogP contribution is -2.25. The highest BCUT2D eigenvalue weighted by Gasteiger charge is 2.13. The van der Waals surface area contributed by atoms with Gasteiger partial charge < -0.3 is 5.11 Å². The van der Waals surface area contributed by atoms with E-state index in [4.69, 9.17) is 0 Å². The Balaban J connectivity index is 1.90. The zero-order valence-corrected chi connectivity index (χ0v) is 17.4. The van der Waals surface area contributed by atoms with Gasteiger partial charge in [0.05, 0.1) is 24.2 Å². The van der Waals surface area contributed by atoms with Crippen LogP contribution in [0.5, 0.6) is 0 Å². The van der Waals surface area contributed by atoms with Gasteiger partial charge in [-0.1, -0.05) is 61.7 Å². The van der Waals surface area contributed by atoms with Crippen molar-refractivity contribution in [2.24, 2.45) is 0 Å². The van der Waals surface area contributed by atoms with Crippen molar-refractivity contribution in [3.63, 3.8) is 0 Å². The lowest BCUT2D eigenvalue weighted by Gasteiger charge is -2.09. The molecule has 5 heteroatoms. The van der Waals surface area contributed by atoms with E-state index in [2.05, 4.69) is 18.8 Å². The van der Waals surface area contributed by atoms with Gasteiger partial charge in [0.15, 0.2) is 0 Å². The summed E-state index contributed by atoms with van der Waals surface area (Å²) < 4.78 is 3.55. The second kappa shape index (κ2) is 9.80. The first-order valence-corrected chi connectivity index (χ1v) is 10.1. The van der Waals surface area contributed by atoms with Gasteiger partial charge in [-0.05, 0) is 36.1 Å². The number of nitrogens with zero attached hydrogens (tertiary/aromatic N) is 2. The Kier molecular flexibility index (Phi) is 6.92. The fraction of sp³-hybridized carbons (Fsp3) is 0.280. The van der Waals surface area contributed by atoms with Gasteiger partial charge >= 0.3 is 11.7 Å². The zero-order valence-electron chi connectivity index (χ0n) is 17.4. The van der Waals surface area contributed by atoms with E-state index in [1.165, 1.54) is 0 Å². The average Bonchev–Trinajstić information content (AvgIpc) is 3.05. The molecule has 0 saturated heterocycles. The highest BCUT2D eigenvalue weighted by atomic mass is 16.4. The number of aromatic nitrogens is 2. The Morgan fingerprint density at radius 1 is 1.10 bits per heavy atom. The van der Waals surface area contributed by atoms with Crippen molar-refractivity contribution >= 4 is 5.97 Å². The van der Waals surface area contributed by atoms with E-state index < -0.39 is 5.97 Å². The van der Waals surface area contributed by atoms with Crippen LogP contribution >= 0.6 is 0 Å². The maximum absolute atomic E-state index is 12.9. The van der Waals surface area contributed by atoms with Crippen LogP contribution in [0.25, 0.3) is 11.1 Å². The SMILES string of the molecule is CC#CCc1cn(CCCC)c(=O)n1Cc1ccc(-c2ccccc2C(=O)O)cc1. The number of unbranched alkanes of at least 4 members (excludes halogenated alkanes) is 1. The fourth-order valence-electron chi connectivity index (χ4n) is 3.45. The molecule has 0 fully saturated rings. The number of hydrogen-bond donors (Lipinski definition) is 1. The Labute approximate surface area is 176 Å². The second-order valence-corrected chi connectivity index (χ2v) is 7.19. The molecule has 1 heterocycles. The van der Waals surface area contributed by atoms with Gasteiger partial charge in [0, 0.05) is 12.7 Å². The van der Waals surface area contributed by atoms with E-state index in [0.29, 0.717) is 25.1 Å². The monoisotopic (exact) mass is 402 g/mol. The third kappa shape index (κ3) is 4.72. The van der Waals surface area contributed by atoms with Gasteiger partial charge in [-0.2, -0.15) is 0 Å². The van der Waals surface area contributed by atoms with Crippen LogP contribution < -0.4 is 5.69 Å². The first-order valence-electron chi connectivity index (χ1n) is 10.1. The standard InChI is InChI=1S/C25H26N2O3/c1-3-5-9-21-18-26(16-6-4-2)25(30)27(21)17-19-12-14-20(15-13-19)22-10-7-8-11-23(22)24(28)29/h7-8,10-15,18H,4,6,9,16-17H2,1-2H3,(H,28,29). The van der Waals surface area contributed by atoms with Gasteiger partial charge in [0.25, 0.3) is 0 Å². The van der Waals surface area contributed by atoms with Gasteiger partial charge in [0.1, 0.15) is 0 Å². The molecule has 2 aromatic carbocycles. The van der Waals surface area contributed by atoms with Crippen LogP contribution in [0.15, 0.2) is 59.5 Å². The topological polar surface area (TPSA) is 64.2 Å². The first kappa shape index (κ1) is 21.2. The van der Waals surface area contributed by atoms with Crippen molar-refractivity contribution in [1.82, 2.24) is 9.13 Å². The van der Waals surface area contributed by atoms with Crippen LogP contribution in [0.3, 0.4) is 0 Å². The molecule has 1 aromatic heterocycles. The van der Waals surface area contributed by atoms with Crippen LogP contribution in [0.1, 0.15) is 48.3 Å². The summed E-state index contributed by atoms with van der Waals surface area (Å²) in [4.78, 5) is 24.4. The van der Waals surface area contributed by atoms with Crippen molar-refractivity contribution in [1.29, 1.82) is 0 Å². The molecule has 30 heavy (non-hydrogen) atoms. The first-order chi connectivity index (χ1) is 14.5. The summed E-state index contributed by atoms with van der Waals surface area (Å²) in [5, 5.41) is 9.42. The maximum atomic E-state index is 12.9. The quantitative estimate of drug-likeness (QED) is 0.567.